The van der Waals surface area contributed by atoms with Gasteiger partial charge in [-0.2, -0.15) is 5.10 Å². The lowest BCUT2D eigenvalue weighted by molar-refractivity contribution is -0.129. The van der Waals surface area contributed by atoms with Gasteiger partial charge in [0, 0.05) is 70.2 Å². The van der Waals surface area contributed by atoms with Crippen molar-refractivity contribution in [2.45, 2.75) is 52.3 Å². The van der Waals surface area contributed by atoms with Crippen molar-refractivity contribution in [1.82, 2.24) is 24.6 Å². The van der Waals surface area contributed by atoms with Crippen LogP contribution in [0.5, 0.6) is 5.75 Å². The van der Waals surface area contributed by atoms with Gasteiger partial charge in [0.2, 0.25) is 5.91 Å². The van der Waals surface area contributed by atoms with Gasteiger partial charge in [-0.3, -0.25) is 9.48 Å². The van der Waals surface area contributed by atoms with Crippen LogP contribution >= 0.6 is 0 Å². The molecular formula is C25H28F2N6O2. The molecule has 2 aliphatic heterocycles. The van der Waals surface area contributed by atoms with Crippen molar-refractivity contribution in [3.63, 3.8) is 0 Å². The van der Waals surface area contributed by atoms with Crippen LogP contribution in [-0.4, -0.2) is 56.3 Å². The minimum Gasteiger partial charge on any atom is -0.487 e. The van der Waals surface area contributed by atoms with E-state index in [0.717, 1.165) is 41.1 Å². The first-order chi connectivity index (χ1) is 16.9. The SMILES string of the molecule is CCn1cc(-c2nc3c(nc2N2CCC(Oc4ccc(F)cc4F)CC2)CCN(C(C)=O)C3)cn1. The summed E-state index contributed by atoms with van der Waals surface area (Å²) in [5.41, 5.74) is 3.36. The second-order valence-electron chi connectivity index (χ2n) is 8.94. The van der Waals surface area contributed by atoms with Gasteiger partial charge in [-0.05, 0) is 19.1 Å². The van der Waals surface area contributed by atoms with Gasteiger partial charge in [-0.25, -0.2) is 18.7 Å². The summed E-state index contributed by atoms with van der Waals surface area (Å²) in [5.74, 6) is -0.423. The normalized spacial score (nSPS) is 16.3. The molecule has 4 heterocycles. The molecule has 5 rings (SSSR count). The number of ether oxygens (including phenoxy) is 1. The van der Waals surface area contributed by atoms with E-state index in [1.165, 1.54) is 12.1 Å². The fraction of sp³-hybridized carbons (Fsp3) is 0.440. The Hall–Kier alpha value is -3.56. The molecule has 3 aromatic rings. The highest BCUT2D eigenvalue weighted by atomic mass is 19.1. The second kappa shape index (κ2) is 9.59. The van der Waals surface area contributed by atoms with E-state index in [1.807, 2.05) is 17.8 Å². The van der Waals surface area contributed by atoms with Gasteiger partial charge >= 0.3 is 0 Å². The number of halogens is 2. The maximum absolute atomic E-state index is 14.0. The Balaban J connectivity index is 1.39. The Kier molecular flexibility index (Phi) is 6.36. The molecule has 1 saturated heterocycles. The molecule has 0 atom stereocenters. The van der Waals surface area contributed by atoms with Gasteiger partial charge in [0.25, 0.3) is 0 Å². The number of aromatic nitrogens is 4. The summed E-state index contributed by atoms with van der Waals surface area (Å²) in [7, 11) is 0. The Morgan fingerprint density at radius 1 is 1.14 bits per heavy atom. The van der Waals surface area contributed by atoms with Crippen molar-refractivity contribution in [3.05, 3.63) is 53.6 Å². The number of benzene rings is 1. The lowest BCUT2D eigenvalue weighted by atomic mass is 10.1. The summed E-state index contributed by atoms with van der Waals surface area (Å²) < 4.78 is 34.9. The van der Waals surface area contributed by atoms with Crippen molar-refractivity contribution >= 4 is 11.7 Å². The van der Waals surface area contributed by atoms with E-state index < -0.39 is 11.6 Å². The largest absolute Gasteiger partial charge is 0.487 e. The third kappa shape index (κ3) is 4.82. The van der Waals surface area contributed by atoms with E-state index in [2.05, 4.69) is 10.00 Å². The zero-order valence-electron chi connectivity index (χ0n) is 19.9. The van der Waals surface area contributed by atoms with E-state index in [0.29, 0.717) is 45.4 Å². The summed E-state index contributed by atoms with van der Waals surface area (Å²) in [5, 5.41) is 4.41. The van der Waals surface area contributed by atoms with Crippen LogP contribution in [-0.2, 0) is 24.3 Å². The van der Waals surface area contributed by atoms with E-state index in [4.69, 9.17) is 14.7 Å². The van der Waals surface area contributed by atoms with Crippen LogP contribution in [0.2, 0.25) is 0 Å². The summed E-state index contributed by atoms with van der Waals surface area (Å²) in [6.07, 6.45) is 5.57. The Morgan fingerprint density at radius 2 is 1.94 bits per heavy atom. The molecule has 0 bridgehead atoms. The number of fused-ring (bicyclic) bond motifs is 1. The molecule has 10 heteroatoms. The number of hydrogen-bond acceptors (Lipinski definition) is 6. The summed E-state index contributed by atoms with van der Waals surface area (Å²) >= 11 is 0. The molecular weight excluding hydrogens is 454 g/mol. The fourth-order valence-corrected chi connectivity index (χ4v) is 4.60. The number of nitrogens with zero attached hydrogens (tertiary/aromatic N) is 6. The van der Waals surface area contributed by atoms with Crippen molar-refractivity contribution in [1.29, 1.82) is 0 Å². The van der Waals surface area contributed by atoms with Gasteiger partial charge in [-0.15, -0.1) is 0 Å². The number of rotatable bonds is 5. The van der Waals surface area contributed by atoms with E-state index >= 15 is 0 Å². The smallest absolute Gasteiger partial charge is 0.219 e. The highest BCUT2D eigenvalue weighted by molar-refractivity contribution is 5.74. The number of carbonyl (C=O) groups excluding carboxylic acids is 1. The van der Waals surface area contributed by atoms with Crippen LogP contribution in [0, 0.1) is 11.6 Å². The highest BCUT2D eigenvalue weighted by Gasteiger charge is 2.29. The Morgan fingerprint density at radius 3 is 2.63 bits per heavy atom. The molecule has 1 amide bonds. The van der Waals surface area contributed by atoms with Gasteiger partial charge in [0.15, 0.2) is 17.4 Å². The van der Waals surface area contributed by atoms with Crippen molar-refractivity contribution < 1.29 is 18.3 Å². The molecule has 8 nitrogen and oxygen atoms in total. The molecule has 1 aromatic carbocycles. The predicted octanol–water partition coefficient (Wildman–Crippen LogP) is 3.59. The lowest BCUT2D eigenvalue weighted by Gasteiger charge is -2.35. The molecule has 184 valence electrons. The zero-order chi connectivity index (χ0) is 24.5. The Labute approximate surface area is 202 Å². The number of hydrogen-bond donors (Lipinski definition) is 0. The topological polar surface area (TPSA) is 76.4 Å². The monoisotopic (exact) mass is 482 g/mol. The van der Waals surface area contributed by atoms with Gasteiger partial charge in [-0.1, -0.05) is 0 Å². The third-order valence-corrected chi connectivity index (χ3v) is 6.60. The summed E-state index contributed by atoms with van der Waals surface area (Å²) in [6.45, 7) is 6.74. The minimum absolute atomic E-state index is 0.0292. The molecule has 1 fully saturated rings. The molecule has 0 unspecified atom stereocenters. The van der Waals surface area contributed by atoms with Crippen LogP contribution in [0.3, 0.4) is 0 Å². The average Bonchev–Trinajstić information content (AvgIpc) is 3.34. The van der Waals surface area contributed by atoms with E-state index in [-0.39, 0.29) is 17.8 Å². The van der Waals surface area contributed by atoms with Gasteiger partial charge < -0.3 is 14.5 Å². The maximum atomic E-state index is 14.0. The number of carbonyl (C=O) groups is 1. The molecule has 2 aromatic heterocycles. The number of aryl methyl sites for hydroxylation is 1. The van der Waals surface area contributed by atoms with Crippen LogP contribution in [0.15, 0.2) is 30.6 Å². The lowest BCUT2D eigenvalue weighted by Crippen LogP contribution is -2.40. The average molecular weight is 483 g/mol. The van der Waals surface area contributed by atoms with Crippen molar-refractivity contribution in [3.8, 4) is 17.0 Å². The van der Waals surface area contributed by atoms with E-state index in [9.17, 15) is 13.6 Å². The third-order valence-electron chi connectivity index (χ3n) is 6.60. The first-order valence-electron chi connectivity index (χ1n) is 12.0. The van der Waals surface area contributed by atoms with E-state index in [1.54, 1.807) is 18.0 Å². The second-order valence-corrected chi connectivity index (χ2v) is 8.94. The molecule has 0 radical (unpaired) electrons. The Bertz CT molecular complexity index is 1240. The predicted molar refractivity (Wildman–Crippen MR) is 126 cm³/mol. The maximum Gasteiger partial charge on any atom is 0.219 e. The minimum atomic E-state index is -0.692. The quantitative estimate of drug-likeness (QED) is 0.553. The first-order valence-corrected chi connectivity index (χ1v) is 12.0. The number of amides is 1. The van der Waals surface area contributed by atoms with Crippen molar-refractivity contribution in [2.24, 2.45) is 0 Å². The summed E-state index contributed by atoms with van der Waals surface area (Å²) in [6, 6.07) is 3.37. The molecule has 0 spiro atoms. The number of piperidine rings is 1. The van der Waals surface area contributed by atoms with Crippen LogP contribution in [0.1, 0.15) is 38.1 Å². The van der Waals surface area contributed by atoms with Crippen LogP contribution < -0.4 is 9.64 Å². The van der Waals surface area contributed by atoms with Crippen LogP contribution in [0.25, 0.3) is 11.3 Å². The van der Waals surface area contributed by atoms with Gasteiger partial charge in [0.1, 0.15) is 17.6 Å². The standard InChI is InChI=1S/C25H28F2N6O2/c1-3-33-14-17(13-28-33)24-25(30-21-8-11-32(16(2)34)15-22(21)29-24)31-9-6-19(7-10-31)35-23-5-4-18(26)12-20(23)27/h4-5,12-14,19H,3,6-11,15H2,1-2H3. The molecule has 35 heavy (non-hydrogen) atoms. The number of anilines is 1. The van der Waals surface area contributed by atoms with Gasteiger partial charge in [0.05, 0.1) is 24.1 Å². The summed E-state index contributed by atoms with van der Waals surface area (Å²) in [4.78, 5) is 25.9. The highest BCUT2D eigenvalue weighted by Crippen LogP contribution is 2.33. The van der Waals surface area contributed by atoms with Crippen LogP contribution in [0.4, 0.5) is 14.6 Å². The first kappa shape index (κ1) is 23.2. The zero-order valence-corrected chi connectivity index (χ0v) is 19.9. The van der Waals surface area contributed by atoms with Crippen molar-refractivity contribution in [2.75, 3.05) is 24.5 Å². The molecule has 0 aliphatic carbocycles. The molecule has 2 aliphatic rings. The molecule has 0 N–H and O–H groups in total. The fourth-order valence-electron chi connectivity index (χ4n) is 4.60. The molecule has 0 saturated carbocycles.